The Hall–Kier alpha value is -2.05. The topological polar surface area (TPSA) is 60.2 Å². The molecular formula is C14H15F2N3O. The van der Waals surface area contributed by atoms with Gasteiger partial charge in [-0.2, -0.15) is 0 Å². The molecule has 1 unspecified atom stereocenters. The van der Waals surface area contributed by atoms with Crippen LogP contribution in [0.25, 0.3) is 0 Å². The zero-order valence-electron chi connectivity index (χ0n) is 10.9. The Morgan fingerprint density at radius 3 is 2.70 bits per heavy atom. The molecule has 0 saturated carbocycles. The molecule has 0 amide bonds. The third-order valence-corrected chi connectivity index (χ3v) is 2.99. The number of hydrazine groups is 1. The third kappa shape index (κ3) is 3.28. The van der Waals surface area contributed by atoms with Crippen molar-refractivity contribution in [3.63, 3.8) is 0 Å². The number of rotatable bonds is 5. The van der Waals surface area contributed by atoms with Crippen LogP contribution in [0, 0.1) is 11.6 Å². The van der Waals surface area contributed by atoms with E-state index in [0.717, 1.165) is 11.8 Å². The number of nitrogens with zero attached hydrogens (tertiary/aromatic N) is 1. The first-order valence-corrected chi connectivity index (χ1v) is 6.03. The first kappa shape index (κ1) is 14.4. The molecule has 2 aromatic rings. The van der Waals surface area contributed by atoms with Gasteiger partial charge in [0.05, 0.1) is 19.3 Å². The van der Waals surface area contributed by atoms with E-state index in [1.165, 1.54) is 25.4 Å². The zero-order valence-corrected chi connectivity index (χ0v) is 10.9. The van der Waals surface area contributed by atoms with Gasteiger partial charge < -0.3 is 4.74 Å². The van der Waals surface area contributed by atoms with Crippen LogP contribution in [-0.4, -0.2) is 12.1 Å². The maximum atomic E-state index is 13.6. The molecule has 0 saturated heterocycles. The number of ether oxygens (including phenoxy) is 1. The second-order valence-corrected chi connectivity index (χ2v) is 4.33. The number of hydrogen-bond acceptors (Lipinski definition) is 4. The lowest BCUT2D eigenvalue weighted by Gasteiger charge is -2.16. The van der Waals surface area contributed by atoms with Crippen LogP contribution in [0.3, 0.4) is 0 Å². The largest absolute Gasteiger partial charge is 0.494 e. The van der Waals surface area contributed by atoms with Gasteiger partial charge in [0.2, 0.25) is 0 Å². The van der Waals surface area contributed by atoms with E-state index in [9.17, 15) is 8.78 Å². The van der Waals surface area contributed by atoms with Gasteiger partial charge in [-0.15, -0.1) is 0 Å². The van der Waals surface area contributed by atoms with Crippen molar-refractivity contribution in [1.82, 2.24) is 10.4 Å². The van der Waals surface area contributed by atoms with Crippen molar-refractivity contribution in [1.29, 1.82) is 0 Å². The van der Waals surface area contributed by atoms with Crippen LogP contribution < -0.4 is 16.0 Å². The molecule has 2 rings (SSSR count). The first-order valence-electron chi connectivity index (χ1n) is 6.03. The second kappa shape index (κ2) is 6.40. The molecule has 0 fully saturated rings. The summed E-state index contributed by atoms with van der Waals surface area (Å²) in [5.74, 6) is 4.77. The van der Waals surface area contributed by atoms with Crippen LogP contribution in [0.5, 0.6) is 5.75 Å². The van der Waals surface area contributed by atoms with E-state index in [1.54, 1.807) is 12.1 Å². The molecule has 1 heterocycles. The predicted molar refractivity (Wildman–Crippen MR) is 70.9 cm³/mol. The number of methoxy groups -OCH3 is 1. The number of hydrogen-bond donors (Lipinski definition) is 2. The lowest BCUT2D eigenvalue weighted by molar-refractivity contribution is 0.386. The number of benzene rings is 1. The summed E-state index contributed by atoms with van der Waals surface area (Å²) in [6, 6.07) is 5.64. The molecule has 0 aliphatic rings. The fourth-order valence-electron chi connectivity index (χ4n) is 1.96. The molecule has 1 atom stereocenters. The molecule has 4 nitrogen and oxygen atoms in total. The standard InChI is InChI=1S/C14H15F2N3O/c1-20-14-3-2-9(4-12(14)16)5-13(19-17)10-6-11(15)8-18-7-10/h2-4,6-8,13,19H,5,17H2,1H3. The SMILES string of the molecule is COc1ccc(CC(NN)c2cncc(F)c2)cc1F. The Labute approximate surface area is 115 Å². The summed E-state index contributed by atoms with van der Waals surface area (Å²) in [6.07, 6.45) is 3.04. The van der Waals surface area contributed by atoms with Gasteiger partial charge in [-0.05, 0) is 35.7 Å². The van der Waals surface area contributed by atoms with Crippen molar-refractivity contribution in [2.24, 2.45) is 5.84 Å². The molecule has 0 spiro atoms. The van der Waals surface area contributed by atoms with Crippen molar-refractivity contribution in [3.05, 3.63) is 59.4 Å². The first-order chi connectivity index (χ1) is 9.63. The Balaban J connectivity index is 2.20. The maximum Gasteiger partial charge on any atom is 0.165 e. The lowest BCUT2D eigenvalue weighted by Crippen LogP contribution is -2.29. The van der Waals surface area contributed by atoms with Crippen molar-refractivity contribution < 1.29 is 13.5 Å². The summed E-state index contributed by atoms with van der Waals surface area (Å²) in [4.78, 5) is 3.77. The molecule has 20 heavy (non-hydrogen) atoms. The van der Waals surface area contributed by atoms with Crippen molar-refractivity contribution in [2.45, 2.75) is 12.5 Å². The average molecular weight is 279 g/mol. The highest BCUT2D eigenvalue weighted by Crippen LogP contribution is 2.22. The van der Waals surface area contributed by atoms with Gasteiger partial charge in [0.1, 0.15) is 5.82 Å². The minimum atomic E-state index is -0.446. The molecule has 0 bridgehead atoms. The highest BCUT2D eigenvalue weighted by atomic mass is 19.1. The predicted octanol–water partition coefficient (Wildman–Crippen LogP) is 2.12. The Morgan fingerprint density at radius 1 is 1.30 bits per heavy atom. The van der Waals surface area contributed by atoms with Crippen LogP contribution >= 0.6 is 0 Å². The zero-order chi connectivity index (χ0) is 14.5. The van der Waals surface area contributed by atoms with E-state index < -0.39 is 11.6 Å². The van der Waals surface area contributed by atoms with Gasteiger partial charge in [0.25, 0.3) is 0 Å². The van der Waals surface area contributed by atoms with Gasteiger partial charge in [-0.1, -0.05) is 6.07 Å². The fraction of sp³-hybridized carbons (Fsp3) is 0.214. The molecule has 0 aliphatic carbocycles. The third-order valence-electron chi connectivity index (χ3n) is 2.99. The lowest BCUT2D eigenvalue weighted by atomic mass is 10.0. The Kier molecular flexibility index (Phi) is 4.60. The van der Waals surface area contributed by atoms with Crippen LogP contribution in [0.15, 0.2) is 36.7 Å². The molecule has 0 aliphatic heterocycles. The summed E-state index contributed by atoms with van der Waals surface area (Å²) < 4.78 is 31.6. The summed E-state index contributed by atoms with van der Waals surface area (Å²) in [5, 5.41) is 0. The Morgan fingerprint density at radius 2 is 2.10 bits per heavy atom. The van der Waals surface area contributed by atoms with Gasteiger partial charge in [0, 0.05) is 6.20 Å². The van der Waals surface area contributed by atoms with E-state index in [2.05, 4.69) is 10.4 Å². The molecular weight excluding hydrogens is 264 g/mol. The highest BCUT2D eigenvalue weighted by molar-refractivity contribution is 5.30. The van der Waals surface area contributed by atoms with E-state index in [1.807, 2.05) is 0 Å². The van der Waals surface area contributed by atoms with Crippen LogP contribution in [-0.2, 0) is 6.42 Å². The number of nitrogens with one attached hydrogen (secondary N) is 1. The smallest absolute Gasteiger partial charge is 0.165 e. The summed E-state index contributed by atoms with van der Waals surface area (Å²) >= 11 is 0. The van der Waals surface area contributed by atoms with Crippen molar-refractivity contribution in [2.75, 3.05) is 7.11 Å². The number of aromatic nitrogens is 1. The number of nitrogens with two attached hydrogens (primary N) is 1. The van der Waals surface area contributed by atoms with E-state index in [0.29, 0.717) is 12.0 Å². The fourth-order valence-corrected chi connectivity index (χ4v) is 1.96. The second-order valence-electron chi connectivity index (χ2n) is 4.33. The van der Waals surface area contributed by atoms with Gasteiger partial charge >= 0.3 is 0 Å². The summed E-state index contributed by atoms with van der Waals surface area (Å²) in [7, 11) is 1.40. The Bertz CT molecular complexity index is 592. The maximum absolute atomic E-state index is 13.6. The van der Waals surface area contributed by atoms with Crippen molar-refractivity contribution in [3.8, 4) is 5.75 Å². The van der Waals surface area contributed by atoms with Gasteiger partial charge in [-0.3, -0.25) is 16.3 Å². The molecule has 1 aromatic heterocycles. The van der Waals surface area contributed by atoms with Gasteiger partial charge in [0.15, 0.2) is 11.6 Å². The molecule has 3 N–H and O–H groups in total. The molecule has 6 heteroatoms. The molecule has 1 aromatic carbocycles. The van der Waals surface area contributed by atoms with E-state index in [4.69, 9.17) is 10.6 Å². The monoisotopic (exact) mass is 279 g/mol. The summed E-state index contributed by atoms with van der Waals surface area (Å²) in [5.41, 5.74) is 3.90. The molecule has 106 valence electrons. The van der Waals surface area contributed by atoms with Crippen molar-refractivity contribution >= 4 is 0 Å². The average Bonchev–Trinajstić information content (AvgIpc) is 2.45. The van der Waals surface area contributed by atoms with E-state index in [-0.39, 0.29) is 11.8 Å². The normalized spacial score (nSPS) is 12.2. The number of pyridine rings is 1. The van der Waals surface area contributed by atoms with Gasteiger partial charge in [-0.25, -0.2) is 8.78 Å². The highest BCUT2D eigenvalue weighted by Gasteiger charge is 2.13. The quantitative estimate of drug-likeness (QED) is 0.650. The number of halogens is 2. The van der Waals surface area contributed by atoms with E-state index >= 15 is 0 Å². The molecule has 0 radical (unpaired) electrons. The summed E-state index contributed by atoms with van der Waals surface area (Å²) in [6.45, 7) is 0. The van der Waals surface area contributed by atoms with Crippen LogP contribution in [0.1, 0.15) is 17.2 Å². The minimum absolute atomic E-state index is 0.179. The van der Waals surface area contributed by atoms with Crippen LogP contribution in [0.2, 0.25) is 0 Å². The van der Waals surface area contributed by atoms with Crippen LogP contribution in [0.4, 0.5) is 8.78 Å². The minimum Gasteiger partial charge on any atom is -0.494 e.